The molecule has 1 aliphatic rings. The molecule has 0 spiro atoms. The molecule has 1 saturated heterocycles. The second kappa shape index (κ2) is 4.89. The summed E-state index contributed by atoms with van der Waals surface area (Å²) in [4.78, 5) is 14.2. The van der Waals surface area contributed by atoms with Crippen molar-refractivity contribution >= 4 is 28.5 Å². The highest BCUT2D eigenvalue weighted by molar-refractivity contribution is 6.18. The van der Waals surface area contributed by atoms with Crippen LogP contribution in [0.25, 0.3) is 11.0 Å². The van der Waals surface area contributed by atoms with E-state index in [4.69, 9.17) is 16.0 Å². The highest BCUT2D eigenvalue weighted by atomic mass is 35.5. The molecule has 4 heteroatoms. The highest BCUT2D eigenvalue weighted by Gasteiger charge is 2.28. The fourth-order valence-electron chi connectivity index (χ4n) is 2.57. The molecule has 1 aromatic carbocycles. The van der Waals surface area contributed by atoms with Crippen LogP contribution in [0, 0.1) is 12.8 Å². The van der Waals surface area contributed by atoms with Crippen molar-refractivity contribution in [2.24, 2.45) is 5.92 Å². The molecule has 2 heterocycles. The molecule has 3 nitrogen and oxygen atoms in total. The monoisotopic (exact) mass is 277 g/mol. The van der Waals surface area contributed by atoms with Crippen molar-refractivity contribution < 1.29 is 9.21 Å². The Bertz CT molecular complexity index is 620. The maximum atomic E-state index is 12.4. The van der Waals surface area contributed by atoms with Gasteiger partial charge < -0.3 is 9.32 Å². The van der Waals surface area contributed by atoms with E-state index in [0.29, 0.717) is 17.6 Å². The average molecular weight is 278 g/mol. The van der Waals surface area contributed by atoms with Gasteiger partial charge in [0.15, 0.2) is 5.76 Å². The number of amides is 1. The standard InChI is InChI=1S/C15H16ClNO2/c1-10-2-3-13-12(6-10)7-14(19-13)15(18)17-5-4-11(8-16)9-17/h2-3,6-7,11H,4-5,8-9H2,1H3. The molecule has 1 aromatic heterocycles. The molecular formula is C15H16ClNO2. The van der Waals surface area contributed by atoms with Gasteiger partial charge in [-0.05, 0) is 37.5 Å². The van der Waals surface area contributed by atoms with Gasteiger partial charge in [0.2, 0.25) is 0 Å². The third-order valence-corrected chi connectivity index (χ3v) is 4.11. The van der Waals surface area contributed by atoms with Gasteiger partial charge in [0.1, 0.15) is 5.58 Å². The fraction of sp³-hybridized carbons (Fsp3) is 0.400. The number of hydrogen-bond acceptors (Lipinski definition) is 2. The van der Waals surface area contributed by atoms with E-state index in [1.54, 1.807) is 0 Å². The lowest BCUT2D eigenvalue weighted by Crippen LogP contribution is -2.28. The molecule has 1 atom stereocenters. The Balaban J connectivity index is 1.86. The van der Waals surface area contributed by atoms with Crippen LogP contribution >= 0.6 is 11.6 Å². The number of halogens is 1. The SMILES string of the molecule is Cc1ccc2oc(C(=O)N3CCC(CCl)C3)cc2c1. The lowest BCUT2D eigenvalue weighted by Gasteiger charge is -2.13. The van der Waals surface area contributed by atoms with E-state index in [-0.39, 0.29) is 5.91 Å². The van der Waals surface area contributed by atoms with E-state index in [1.807, 2.05) is 36.1 Å². The predicted molar refractivity (Wildman–Crippen MR) is 75.7 cm³/mol. The van der Waals surface area contributed by atoms with Crippen molar-refractivity contribution in [3.8, 4) is 0 Å². The van der Waals surface area contributed by atoms with Crippen LogP contribution in [0.4, 0.5) is 0 Å². The molecule has 3 rings (SSSR count). The van der Waals surface area contributed by atoms with Gasteiger partial charge in [0.05, 0.1) is 0 Å². The van der Waals surface area contributed by atoms with E-state index >= 15 is 0 Å². The molecule has 0 radical (unpaired) electrons. The van der Waals surface area contributed by atoms with Crippen LogP contribution < -0.4 is 0 Å². The quantitative estimate of drug-likeness (QED) is 0.788. The summed E-state index contributed by atoms with van der Waals surface area (Å²) >= 11 is 5.84. The van der Waals surface area contributed by atoms with Crippen molar-refractivity contribution in [1.29, 1.82) is 0 Å². The van der Waals surface area contributed by atoms with Crippen LogP contribution in [-0.2, 0) is 0 Å². The third kappa shape index (κ3) is 2.35. The molecule has 1 unspecified atom stereocenters. The van der Waals surface area contributed by atoms with Gasteiger partial charge in [-0.15, -0.1) is 11.6 Å². The van der Waals surface area contributed by atoms with Crippen LogP contribution in [0.5, 0.6) is 0 Å². The van der Waals surface area contributed by atoms with Crippen molar-refractivity contribution in [3.05, 3.63) is 35.6 Å². The van der Waals surface area contributed by atoms with E-state index in [9.17, 15) is 4.79 Å². The summed E-state index contributed by atoms with van der Waals surface area (Å²) in [6, 6.07) is 7.76. The molecule has 100 valence electrons. The van der Waals surface area contributed by atoms with Crippen molar-refractivity contribution in [1.82, 2.24) is 4.90 Å². The molecule has 0 bridgehead atoms. The molecule has 0 aliphatic carbocycles. The Morgan fingerprint density at radius 1 is 1.47 bits per heavy atom. The van der Waals surface area contributed by atoms with E-state index in [2.05, 4.69) is 0 Å². The van der Waals surface area contributed by atoms with Crippen molar-refractivity contribution in [2.75, 3.05) is 19.0 Å². The normalized spacial score (nSPS) is 19.3. The van der Waals surface area contributed by atoms with Crippen LogP contribution in [0.1, 0.15) is 22.5 Å². The molecule has 1 amide bonds. The lowest BCUT2D eigenvalue weighted by molar-refractivity contribution is 0.0759. The zero-order valence-corrected chi connectivity index (χ0v) is 11.6. The number of furan rings is 1. The smallest absolute Gasteiger partial charge is 0.289 e. The van der Waals surface area contributed by atoms with E-state index in [1.165, 1.54) is 0 Å². The maximum Gasteiger partial charge on any atom is 0.289 e. The Morgan fingerprint density at radius 3 is 3.05 bits per heavy atom. The minimum Gasteiger partial charge on any atom is -0.451 e. The topological polar surface area (TPSA) is 33.5 Å². The number of nitrogens with zero attached hydrogens (tertiary/aromatic N) is 1. The minimum atomic E-state index is -0.0264. The van der Waals surface area contributed by atoms with Crippen LogP contribution in [0.2, 0.25) is 0 Å². The zero-order valence-electron chi connectivity index (χ0n) is 10.9. The van der Waals surface area contributed by atoms with Crippen molar-refractivity contribution in [2.45, 2.75) is 13.3 Å². The number of carbonyl (C=O) groups excluding carboxylic acids is 1. The first-order valence-electron chi connectivity index (χ1n) is 6.53. The molecule has 1 aliphatic heterocycles. The number of carbonyl (C=O) groups is 1. The second-order valence-corrected chi connectivity index (χ2v) is 5.52. The largest absolute Gasteiger partial charge is 0.451 e. The summed E-state index contributed by atoms with van der Waals surface area (Å²) in [6.07, 6.45) is 0.981. The molecule has 2 aromatic rings. The van der Waals surface area contributed by atoms with Gasteiger partial charge in [-0.2, -0.15) is 0 Å². The van der Waals surface area contributed by atoms with Gasteiger partial charge in [0.25, 0.3) is 5.91 Å². The van der Waals surface area contributed by atoms with Gasteiger partial charge in [-0.1, -0.05) is 11.6 Å². The Kier molecular flexibility index (Phi) is 3.23. The average Bonchev–Trinajstić information content (AvgIpc) is 3.03. The highest BCUT2D eigenvalue weighted by Crippen LogP contribution is 2.24. The minimum absolute atomic E-state index is 0.0264. The van der Waals surface area contributed by atoms with Crippen LogP contribution in [0.15, 0.2) is 28.7 Å². The molecule has 1 fully saturated rings. The number of aryl methyl sites for hydroxylation is 1. The van der Waals surface area contributed by atoms with Crippen molar-refractivity contribution in [3.63, 3.8) is 0 Å². The van der Waals surface area contributed by atoms with E-state index in [0.717, 1.165) is 36.0 Å². The summed E-state index contributed by atoms with van der Waals surface area (Å²) in [5.41, 5.74) is 1.93. The Labute approximate surface area is 117 Å². The molecule has 0 saturated carbocycles. The zero-order chi connectivity index (χ0) is 13.4. The predicted octanol–water partition coefficient (Wildman–Crippen LogP) is 3.44. The van der Waals surface area contributed by atoms with Gasteiger partial charge in [-0.25, -0.2) is 0 Å². The summed E-state index contributed by atoms with van der Waals surface area (Å²) < 4.78 is 5.64. The van der Waals surface area contributed by atoms with Gasteiger partial charge >= 0.3 is 0 Å². The lowest BCUT2D eigenvalue weighted by atomic mass is 10.2. The van der Waals surface area contributed by atoms with Crippen LogP contribution in [-0.4, -0.2) is 29.8 Å². The number of rotatable bonds is 2. The molecule has 19 heavy (non-hydrogen) atoms. The molecule has 0 N–H and O–H groups in total. The summed E-state index contributed by atoms with van der Waals surface area (Å²) in [5, 5.41) is 0.983. The number of hydrogen-bond donors (Lipinski definition) is 0. The number of benzene rings is 1. The summed E-state index contributed by atoms with van der Waals surface area (Å²) in [6.45, 7) is 3.53. The molecular weight excluding hydrogens is 262 g/mol. The summed E-state index contributed by atoms with van der Waals surface area (Å²) in [7, 11) is 0. The van der Waals surface area contributed by atoms with Gasteiger partial charge in [-0.3, -0.25) is 4.79 Å². The number of fused-ring (bicyclic) bond motifs is 1. The fourth-order valence-corrected chi connectivity index (χ4v) is 2.82. The second-order valence-electron chi connectivity index (χ2n) is 5.21. The Morgan fingerprint density at radius 2 is 2.32 bits per heavy atom. The number of alkyl halides is 1. The van der Waals surface area contributed by atoms with E-state index < -0.39 is 0 Å². The third-order valence-electron chi connectivity index (χ3n) is 3.67. The maximum absolute atomic E-state index is 12.4. The first-order valence-corrected chi connectivity index (χ1v) is 7.06. The first kappa shape index (κ1) is 12.5. The van der Waals surface area contributed by atoms with Gasteiger partial charge in [0, 0.05) is 24.4 Å². The Hall–Kier alpha value is -1.48. The first-order chi connectivity index (χ1) is 9.17. The van der Waals surface area contributed by atoms with Crippen LogP contribution in [0.3, 0.4) is 0 Å². The number of likely N-dealkylation sites (tertiary alicyclic amines) is 1. The summed E-state index contributed by atoms with van der Waals surface area (Å²) in [5.74, 6) is 1.43.